The molecule has 0 atom stereocenters. The largest absolute Gasteiger partial charge is 0.462 e. The van der Waals surface area contributed by atoms with Gasteiger partial charge < -0.3 is 10.1 Å². The van der Waals surface area contributed by atoms with Gasteiger partial charge in [0.15, 0.2) is 0 Å². The molecule has 15 heavy (non-hydrogen) atoms. The maximum atomic E-state index is 9.95. The van der Waals surface area contributed by atoms with Gasteiger partial charge in [0.1, 0.15) is 6.21 Å². The van der Waals surface area contributed by atoms with E-state index < -0.39 is 5.97 Å². The smallest absolute Gasteiger partial charge is 0.348 e. The summed E-state index contributed by atoms with van der Waals surface area (Å²) >= 11 is 0. The summed E-state index contributed by atoms with van der Waals surface area (Å²) in [5.41, 5.74) is 1.41. The van der Waals surface area contributed by atoms with Crippen molar-refractivity contribution in [1.29, 1.82) is 5.41 Å². The number of aryl methyl sites for hydroxylation is 1. The normalized spacial score (nSPS) is 8.40. The number of benzene rings is 1. The monoisotopic (exact) mass is 207 g/mol. The van der Waals surface area contributed by atoms with Crippen molar-refractivity contribution in [1.82, 2.24) is 0 Å². The molecule has 0 spiro atoms. The Bertz CT molecular complexity index is 283. The van der Waals surface area contributed by atoms with Gasteiger partial charge in [0.05, 0.1) is 6.61 Å². The highest BCUT2D eigenvalue weighted by Gasteiger charge is 1.88. The molecule has 1 aromatic carbocycles. The first kappa shape index (κ1) is 13.4. The molecule has 1 aromatic rings. The third kappa shape index (κ3) is 7.43. The molecule has 0 aliphatic carbocycles. The lowest BCUT2D eigenvalue weighted by molar-refractivity contribution is -0.134. The van der Waals surface area contributed by atoms with Crippen LogP contribution in [0.3, 0.4) is 0 Å². The van der Waals surface area contributed by atoms with Crippen LogP contribution in [-0.2, 0) is 16.0 Å². The maximum absolute atomic E-state index is 9.95. The van der Waals surface area contributed by atoms with Gasteiger partial charge >= 0.3 is 5.97 Å². The average Bonchev–Trinajstić information content (AvgIpc) is 2.31. The van der Waals surface area contributed by atoms with E-state index in [2.05, 4.69) is 35.9 Å². The minimum absolute atomic E-state index is 0.341. The van der Waals surface area contributed by atoms with Crippen LogP contribution in [0, 0.1) is 5.41 Å². The molecule has 0 saturated carbocycles. The van der Waals surface area contributed by atoms with Gasteiger partial charge in [-0.15, -0.1) is 0 Å². The van der Waals surface area contributed by atoms with Crippen molar-refractivity contribution in [3.05, 3.63) is 35.9 Å². The van der Waals surface area contributed by atoms with Crippen molar-refractivity contribution in [2.45, 2.75) is 20.3 Å². The van der Waals surface area contributed by atoms with Crippen molar-refractivity contribution in [2.75, 3.05) is 6.61 Å². The highest BCUT2D eigenvalue weighted by Crippen LogP contribution is 1.96. The third-order valence-corrected chi connectivity index (χ3v) is 1.66. The van der Waals surface area contributed by atoms with Gasteiger partial charge in [0.25, 0.3) is 0 Å². The minimum Gasteiger partial charge on any atom is -0.462 e. The Kier molecular flexibility index (Phi) is 7.96. The van der Waals surface area contributed by atoms with Crippen LogP contribution in [0.1, 0.15) is 19.4 Å². The molecule has 1 N–H and O–H groups in total. The number of esters is 1. The molecular weight excluding hydrogens is 190 g/mol. The van der Waals surface area contributed by atoms with E-state index in [9.17, 15) is 4.79 Å². The summed E-state index contributed by atoms with van der Waals surface area (Å²) in [6, 6.07) is 10.5. The fraction of sp³-hybridized carbons (Fsp3) is 0.333. The molecule has 0 unspecified atom stereocenters. The summed E-state index contributed by atoms with van der Waals surface area (Å²) in [6.07, 6.45) is 1.78. The minimum atomic E-state index is -0.581. The second-order valence-corrected chi connectivity index (χ2v) is 2.74. The quantitative estimate of drug-likeness (QED) is 0.611. The summed E-state index contributed by atoms with van der Waals surface area (Å²) in [4.78, 5) is 9.95. The molecular formula is C12H17NO2. The van der Waals surface area contributed by atoms with E-state index in [0.717, 1.165) is 6.42 Å². The molecule has 0 bridgehead atoms. The number of hydrogen-bond donors (Lipinski definition) is 1. The number of carbonyl (C=O) groups is 1. The van der Waals surface area contributed by atoms with E-state index >= 15 is 0 Å². The molecule has 0 saturated heterocycles. The van der Waals surface area contributed by atoms with Crippen molar-refractivity contribution < 1.29 is 9.53 Å². The van der Waals surface area contributed by atoms with E-state index in [4.69, 9.17) is 5.41 Å². The fourth-order valence-corrected chi connectivity index (χ4v) is 0.898. The van der Waals surface area contributed by atoms with E-state index in [1.165, 1.54) is 5.56 Å². The molecule has 0 radical (unpaired) electrons. The van der Waals surface area contributed by atoms with Crippen LogP contribution in [0.15, 0.2) is 30.3 Å². The Hall–Kier alpha value is -1.64. The van der Waals surface area contributed by atoms with E-state index in [-0.39, 0.29) is 0 Å². The van der Waals surface area contributed by atoms with Crippen LogP contribution in [0.2, 0.25) is 0 Å². The molecule has 82 valence electrons. The Morgan fingerprint density at radius 1 is 1.33 bits per heavy atom. The van der Waals surface area contributed by atoms with Gasteiger partial charge in [-0.05, 0) is 18.9 Å². The molecule has 1 rings (SSSR count). The first-order chi connectivity index (χ1) is 7.24. The molecule has 0 heterocycles. The van der Waals surface area contributed by atoms with E-state index in [0.29, 0.717) is 12.8 Å². The molecule has 3 heteroatoms. The topological polar surface area (TPSA) is 50.2 Å². The second-order valence-electron chi connectivity index (χ2n) is 2.74. The Morgan fingerprint density at radius 3 is 2.20 bits per heavy atom. The SMILES string of the molecule is CCOC(=O)C=N.CCc1ccccc1. The summed E-state index contributed by atoms with van der Waals surface area (Å²) in [5, 5.41) is 6.31. The van der Waals surface area contributed by atoms with Crippen LogP contribution in [-0.4, -0.2) is 18.8 Å². The van der Waals surface area contributed by atoms with Crippen LogP contribution < -0.4 is 0 Å². The summed E-state index contributed by atoms with van der Waals surface area (Å²) in [7, 11) is 0. The lowest BCUT2D eigenvalue weighted by Gasteiger charge is -1.89. The predicted molar refractivity (Wildman–Crippen MR) is 61.2 cm³/mol. The summed E-state index contributed by atoms with van der Waals surface area (Å²) in [5.74, 6) is -0.581. The molecule has 0 aliphatic rings. The van der Waals surface area contributed by atoms with E-state index in [1.54, 1.807) is 6.92 Å². The summed E-state index contributed by atoms with van der Waals surface area (Å²) < 4.78 is 4.31. The van der Waals surface area contributed by atoms with Crippen LogP contribution in [0.5, 0.6) is 0 Å². The zero-order valence-electron chi connectivity index (χ0n) is 9.19. The first-order valence-electron chi connectivity index (χ1n) is 4.95. The van der Waals surface area contributed by atoms with Gasteiger partial charge in [-0.2, -0.15) is 0 Å². The highest BCUT2D eigenvalue weighted by molar-refractivity contribution is 6.21. The van der Waals surface area contributed by atoms with E-state index in [1.807, 2.05) is 6.07 Å². The number of ether oxygens (including phenoxy) is 1. The van der Waals surface area contributed by atoms with Crippen molar-refractivity contribution in [3.63, 3.8) is 0 Å². The molecule has 0 fully saturated rings. The van der Waals surface area contributed by atoms with Crippen molar-refractivity contribution in [3.8, 4) is 0 Å². The van der Waals surface area contributed by atoms with Crippen molar-refractivity contribution in [2.24, 2.45) is 0 Å². The summed E-state index contributed by atoms with van der Waals surface area (Å²) in [6.45, 7) is 4.20. The van der Waals surface area contributed by atoms with Crippen LogP contribution in [0.25, 0.3) is 0 Å². The van der Waals surface area contributed by atoms with Crippen LogP contribution >= 0.6 is 0 Å². The zero-order chi connectivity index (χ0) is 11.5. The zero-order valence-corrected chi connectivity index (χ0v) is 9.19. The Labute approximate surface area is 90.6 Å². The lowest BCUT2D eigenvalue weighted by Crippen LogP contribution is -2.02. The Morgan fingerprint density at radius 2 is 1.93 bits per heavy atom. The fourth-order valence-electron chi connectivity index (χ4n) is 0.898. The second kappa shape index (κ2) is 8.94. The predicted octanol–water partition coefficient (Wildman–Crippen LogP) is 2.45. The van der Waals surface area contributed by atoms with Gasteiger partial charge in [-0.3, -0.25) is 0 Å². The van der Waals surface area contributed by atoms with Crippen molar-refractivity contribution >= 4 is 12.2 Å². The van der Waals surface area contributed by atoms with Gasteiger partial charge in [-0.25, -0.2) is 4.79 Å². The number of nitrogens with one attached hydrogen (secondary N) is 1. The molecule has 0 aliphatic heterocycles. The molecule has 3 nitrogen and oxygen atoms in total. The highest BCUT2D eigenvalue weighted by atomic mass is 16.5. The number of rotatable bonds is 3. The standard InChI is InChI=1S/C8H10.C4H7NO2/c1-2-8-6-4-3-5-7-8;1-2-7-4(6)3-5/h3-7H,2H2,1H3;3,5H,2H2,1H3. The molecule has 0 aromatic heterocycles. The van der Waals surface area contributed by atoms with Gasteiger partial charge in [0.2, 0.25) is 0 Å². The first-order valence-corrected chi connectivity index (χ1v) is 4.95. The average molecular weight is 207 g/mol. The number of carbonyl (C=O) groups excluding carboxylic acids is 1. The van der Waals surface area contributed by atoms with Gasteiger partial charge in [-0.1, -0.05) is 37.3 Å². The third-order valence-electron chi connectivity index (χ3n) is 1.66. The Balaban J connectivity index is 0.000000265. The maximum Gasteiger partial charge on any atom is 0.348 e. The van der Waals surface area contributed by atoms with Crippen LogP contribution in [0.4, 0.5) is 0 Å². The number of hydrogen-bond acceptors (Lipinski definition) is 3. The lowest BCUT2D eigenvalue weighted by atomic mass is 10.2. The molecule has 0 amide bonds. The van der Waals surface area contributed by atoms with Gasteiger partial charge in [0, 0.05) is 0 Å².